The normalized spacial score (nSPS) is 11.0. The van der Waals surface area contributed by atoms with E-state index >= 15 is 0 Å². The second-order valence-corrected chi connectivity index (χ2v) is 5.91. The van der Waals surface area contributed by atoms with Crippen molar-refractivity contribution in [1.29, 1.82) is 0 Å². The first kappa shape index (κ1) is 13.8. The van der Waals surface area contributed by atoms with Crippen molar-refractivity contribution in [3.63, 3.8) is 0 Å². The molecule has 112 valence electrons. The zero-order valence-corrected chi connectivity index (χ0v) is 13.2. The number of aromatic nitrogens is 1. The van der Waals surface area contributed by atoms with E-state index in [0.717, 1.165) is 22.2 Å². The molecule has 0 bridgehead atoms. The Hall–Kier alpha value is -2.87. The molecule has 1 heterocycles. The second-order valence-electron chi connectivity index (χ2n) is 5.91. The zero-order valence-electron chi connectivity index (χ0n) is 13.2. The first-order chi connectivity index (χ1) is 11.2. The van der Waals surface area contributed by atoms with Crippen molar-refractivity contribution in [1.82, 2.24) is 4.98 Å². The summed E-state index contributed by atoms with van der Waals surface area (Å²) in [7, 11) is 0. The Labute approximate surface area is 135 Å². The summed E-state index contributed by atoms with van der Waals surface area (Å²) in [5, 5.41) is 0. The van der Waals surface area contributed by atoms with Crippen LogP contribution in [-0.4, -0.2) is 4.98 Å². The molecule has 2 nitrogen and oxygen atoms in total. The minimum Gasteiger partial charge on any atom is -0.436 e. The van der Waals surface area contributed by atoms with Crippen LogP contribution in [0.15, 0.2) is 71.1 Å². The van der Waals surface area contributed by atoms with Crippen LogP contribution in [0.2, 0.25) is 0 Å². The van der Waals surface area contributed by atoms with E-state index in [0.29, 0.717) is 5.89 Å². The van der Waals surface area contributed by atoms with Crippen LogP contribution < -0.4 is 0 Å². The molecule has 1 aromatic heterocycles. The Balaban J connectivity index is 1.95. The van der Waals surface area contributed by atoms with Crippen LogP contribution in [0.3, 0.4) is 0 Å². The summed E-state index contributed by atoms with van der Waals surface area (Å²) < 4.78 is 5.99. The van der Waals surface area contributed by atoms with Gasteiger partial charge in [0.2, 0.25) is 5.89 Å². The highest BCUT2D eigenvalue weighted by Gasteiger charge is 2.14. The monoisotopic (exact) mass is 299 g/mol. The number of fused-ring (bicyclic) bond motifs is 1. The number of benzene rings is 3. The van der Waals surface area contributed by atoms with Gasteiger partial charge in [0.15, 0.2) is 5.58 Å². The number of rotatable bonds is 2. The van der Waals surface area contributed by atoms with Gasteiger partial charge in [-0.1, -0.05) is 59.7 Å². The van der Waals surface area contributed by atoms with Crippen molar-refractivity contribution < 1.29 is 4.42 Å². The molecule has 4 rings (SSSR count). The topological polar surface area (TPSA) is 26.0 Å². The Bertz CT molecular complexity index is 965. The van der Waals surface area contributed by atoms with Crippen molar-refractivity contribution in [2.75, 3.05) is 0 Å². The fraction of sp³-hybridized carbons (Fsp3) is 0.0952. The number of para-hydroxylation sites is 2. The third-order valence-corrected chi connectivity index (χ3v) is 4.03. The molecule has 0 aliphatic carbocycles. The third-order valence-electron chi connectivity index (χ3n) is 4.03. The lowest BCUT2D eigenvalue weighted by molar-refractivity contribution is 0.620. The van der Waals surface area contributed by atoms with Gasteiger partial charge in [-0.15, -0.1) is 0 Å². The predicted molar refractivity (Wildman–Crippen MR) is 94.4 cm³/mol. The van der Waals surface area contributed by atoms with Crippen molar-refractivity contribution in [3.8, 4) is 22.6 Å². The summed E-state index contributed by atoms with van der Waals surface area (Å²) in [6.45, 7) is 4.20. The molecule has 0 atom stereocenters. The lowest BCUT2D eigenvalue weighted by atomic mass is 9.96. The Morgan fingerprint density at radius 1 is 0.739 bits per heavy atom. The van der Waals surface area contributed by atoms with E-state index in [1.165, 1.54) is 16.7 Å². The van der Waals surface area contributed by atoms with Crippen LogP contribution >= 0.6 is 0 Å². The van der Waals surface area contributed by atoms with Crippen molar-refractivity contribution in [3.05, 3.63) is 77.9 Å². The van der Waals surface area contributed by atoms with Gasteiger partial charge in [0.05, 0.1) is 0 Å². The molecule has 0 saturated carbocycles. The maximum absolute atomic E-state index is 5.99. The molecule has 0 N–H and O–H groups in total. The second kappa shape index (κ2) is 5.40. The SMILES string of the molecule is Cc1cccc(-c2ccc(C)cc2-c2nc3ccccc3o2)c1. The molecule has 0 unspecified atom stereocenters. The Morgan fingerprint density at radius 3 is 2.39 bits per heavy atom. The van der Waals surface area contributed by atoms with Gasteiger partial charge in [0.25, 0.3) is 0 Å². The van der Waals surface area contributed by atoms with Gasteiger partial charge in [0.1, 0.15) is 5.52 Å². The number of hydrogen-bond donors (Lipinski definition) is 0. The largest absolute Gasteiger partial charge is 0.436 e. The maximum Gasteiger partial charge on any atom is 0.227 e. The van der Waals surface area contributed by atoms with Crippen LogP contribution in [0.4, 0.5) is 0 Å². The first-order valence-electron chi connectivity index (χ1n) is 7.74. The third kappa shape index (κ3) is 2.53. The smallest absolute Gasteiger partial charge is 0.227 e. The fourth-order valence-electron chi connectivity index (χ4n) is 2.89. The molecular formula is C21H17NO. The van der Waals surface area contributed by atoms with E-state index in [4.69, 9.17) is 4.42 Å². The minimum atomic E-state index is 0.673. The average molecular weight is 299 g/mol. The lowest BCUT2D eigenvalue weighted by Gasteiger charge is -2.09. The highest BCUT2D eigenvalue weighted by molar-refractivity contribution is 5.84. The number of aryl methyl sites for hydroxylation is 2. The average Bonchev–Trinajstić information content (AvgIpc) is 2.98. The molecule has 23 heavy (non-hydrogen) atoms. The summed E-state index contributed by atoms with van der Waals surface area (Å²) in [5.41, 5.74) is 7.50. The lowest BCUT2D eigenvalue weighted by Crippen LogP contribution is -1.87. The highest BCUT2D eigenvalue weighted by Crippen LogP contribution is 2.34. The highest BCUT2D eigenvalue weighted by atomic mass is 16.3. The van der Waals surface area contributed by atoms with Gasteiger partial charge in [-0.25, -0.2) is 4.98 Å². The molecule has 0 fully saturated rings. The van der Waals surface area contributed by atoms with E-state index in [-0.39, 0.29) is 0 Å². The summed E-state index contributed by atoms with van der Waals surface area (Å²) in [6, 6.07) is 22.8. The molecule has 0 amide bonds. The van der Waals surface area contributed by atoms with E-state index in [2.05, 4.69) is 61.3 Å². The molecule has 4 aromatic rings. The Kier molecular flexibility index (Phi) is 3.23. The number of hydrogen-bond acceptors (Lipinski definition) is 2. The van der Waals surface area contributed by atoms with Gasteiger partial charge in [-0.2, -0.15) is 0 Å². The standard InChI is InChI=1S/C21H17NO/c1-14-6-5-7-16(12-14)17-11-10-15(2)13-18(17)21-22-19-8-3-4-9-20(19)23-21/h3-13H,1-2H3. The molecule has 0 saturated heterocycles. The van der Waals surface area contributed by atoms with Gasteiger partial charge < -0.3 is 4.42 Å². The van der Waals surface area contributed by atoms with Crippen LogP contribution in [0.1, 0.15) is 11.1 Å². The van der Waals surface area contributed by atoms with E-state index in [1.54, 1.807) is 0 Å². The van der Waals surface area contributed by atoms with Gasteiger partial charge in [-0.3, -0.25) is 0 Å². The summed E-state index contributed by atoms with van der Waals surface area (Å²) >= 11 is 0. The van der Waals surface area contributed by atoms with Crippen LogP contribution in [0.25, 0.3) is 33.7 Å². The summed E-state index contributed by atoms with van der Waals surface area (Å²) in [5.74, 6) is 0.673. The number of nitrogens with zero attached hydrogens (tertiary/aromatic N) is 1. The van der Waals surface area contributed by atoms with Crippen molar-refractivity contribution in [2.45, 2.75) is 13.8 Å². The van der Waals surface area contributed by atoms with Gasteiger partial charge in [0, 0.05) is 5.56 Å². The van der Waals surface area contributed by atoms with Crippen LogP contribution in [-0.2, 0) is 0 Å². The maximum atomic E-state index is 5.99. The van der Waals surface area contributed by atoms with E-state index in [9.17, 15) is 0 Å². The summed E-state index contributed by atoms with van der Waals surface area (Å²) in [6.07, 6.45) is 0. The van der Waals surface area contributed by atoms with E-state index < -0.39 is 0 Å². The molecule has 2 heteroatoms. The fourth-order valence-corrected chi connectivity index (χ4v) is 2.89. The zero-order chi connectivity index (χ0) is 15.8. The van der Waals surface area contributed by atoms with E-state index in [1.807, 2.05) is 24.3 Å². The van der Waals surface area contributed by atoms with Gasteiger partial charge >= 0.3 is 0 Å². The summed E-state index contributed by atoms with van der Waals surface area (Å²) in [4.78, 5) is 4.67. The minimum absolute atomic E-state index is 0.673. The predicted octanol–water partition coefficient (Wildman–Crippen LogP) is 5.78. The van der Waals surface area contributed by atoms with Gasteiger partial charge in [-0.05, 0) is 43.2 Å². The van der Waals surface area contributed by atoms with Crippen molar-refractivity contribution in [2.24, 2.45) is 0 Å². The molecule has 0 aliphatic rings. The number of oxazole rings is 1. The first-order valence-corrected chi connectivity index (χ1v) is 7.74. The molecule has 0 spiro atoms. The van der Waals surface area contributed by atoms with Crippen LogP contribution in [0.5, 0.6) is 0 Å². The van der Waals surface area contributed by atoms with Crippen molar-refractivity contribution >= 4 is 11.1 Å². The molecule has 3 aromatic carbocycles. The Morgan fingerprint density at radius 2 is 1.57 bits per heavy atom. The molecule has 0 radical (unpaired) electrons. The van der Waals surface area contributed by atoms with Crippen LogP contribution in [0, 0.1) is 13.8 Å². The molecular weight excluding hydrogens is 282 g/mol. The molecule has 0 aliphatic heterocycles. The quantitative estimate of drug-likeness (QED) is 0.469.